The number of anilines is 1. The highest BCUT2D eigenvalue weighted by Gasteiger charge is 2.34. The van der Waals surface area contributed by atoms with E-state index < -0.39 is 16.8 Å². The number of hydrogen-bond acceptors (Lipinski definition) is 4. The van der Waals surface area contributed by atoms with E-state index in [1.807, 2.05) is 44.2 Å². The van der Waals surface area contributed by atoms with Crippen molar-refractivity contribution in [2.45, 2.75) is 25.7 Å². The molecule has 5 heteroatoms. The van der Waals surface area contributed by atoms with Crippen LogP contribution in [0, 0.1) is 10.1 Å². The topological polar surface area (TPSA) is 64.4 Å². The van der Waals surface area contributed by atoms with Crippen LogP contribution in [0.5, 0.6) is 0 Å². The van der Waals surface area contributed by atoms with E-state index in [1.165, 1.54) is 6.07 Å². The molecule has 0 bridgehead atoms. The van der Waals surface area contributed by atoms with Gasteiger partial charge in [0.05, 0.1) is 10.5 Å². The molecule has 3 rings (SSSR count). The summed E-state index contributed by atoms with van der Waals surface area (Å²) in [6.07, 6.45) is -0.408. The number of benzene rings is 2. The predicted octanol–water partition coefficient (Wildman–Crippen LogP) is 3.97. The molecule has 1 heterocycles. The number of ether oxygens (including phenoxy) is 1. The number of nitro benzene ring substituents is 1. The molecule has 21 heavy (non-hydrogen) atoms. The van der Waals surface area contributed by atoms with Crippen molar-refractivity contribution >= 4 is 11.4 Å². The van der Waals surface area contributed by atoms with Gasteiger partial charge in [0.15, 0.2) is 6.23 Å². The van der Waals surface area contributed by atoms with E-state index in [2.05, 4.69) is 5.32 Å². The summed E-state index contributed by atoms with van der Waals surface area (Å²) in [5.41, 5.74) is 2.41. The molecule has 0 saturated heterocycles. The van der Waals surface area contributed by atoms with Crippen molar-refractivity contribution in [2.24, 2.45) is 0 Å². The van der Waals surface area contributed by atoms with Gasteiger partial charge in [0.1, 0.15) is 0 Å². The number of para-hydroxylation sites is 1. The van der Waals surface area contributed by atoms with Crippen molar-refractivity contribution in [1.82, 2.24) is 0 Å². The van der Waals surface area contributed by atoms with Crippen LogP contribution in [0.15, 0.2) is 48.5 Å². The lowest BCUT2D eigenvalue weighted by molar-refractivity contribution is -0.385. The van der Waals surface area contributed by atoms with E-state index >= 15 is 0 Å². The van der Waals surface area contributed by atoms with Crippen molar-refractivity contribution in [3.8, 4) is 0 Å². The zero-order valence-electron chi connectivity index (χ0n) is 11.9. The van der Waals surface area contributed by atoms with Gasteiger partial charge in [0.2, 0.25) is 0 Å². The van der Waals surface area contributed by atoms with Crippen molar-refractivity contribution in [1.29, 1.82) is 0 Å². The molecule has 1 aliphatic heterocycles. The predicted molar refractivity (Wildman–Crippen MR) is 80.0 cm³/mol. The normalized spacial score (nSPS) is 19.4. The van der Waals surface area contributed by atoms with Crippen molar-refractivity contribution in [2.75, 3.05) is 5.32 Å². The molecule has 0 aliphatic carbocycles. The molecule has 1 N–H and O–H groups in total. The molecule has 0 amide bonds. The standard InChI is InChI=1S/C16H16N2O3/c1-16(2)13-8-3-4-9-14(13)17-15(21-16)11-6-5-7-12(10-11)18(19)20/h3-10,15,17H,1-2H3/t15-/m1/s1. The minimum atomic E-state index is -0.461. The van der Waals surface area contributed by atoms with Crippen LogP contribution in [0.1, 0.15) is 31.2 Å². The van der Waals surface area contributed by atoms with Gasteiger partial charge in [-0.3, -0.25) is 10.1 Å². The first-order chi connectivity index (χ1) is 9.97. The molecule has 1 atom stereocenters. The van der Waals surface area contributed by atoms with Gasteiger partial charge in [0.25, 0.3) is 5.69 Å². The lowest BCUT2D eigenvalue weighted by atomic mass is 9.93. The molecule has 1 aliphatic rings. The Morgan fingerprint density at radius 2 is 1.95 bits per heavy atom. The zero-order valence-corrected chi connectivity index (χ0v) is 11.9. The second-order valence-corrected chi connectivity index (χ2v) is 5.55. The number of fused-ring (bicyclic) bond motifs is 1. The maximum atomic E-state index is 10.9. The van der Waals surface area contributed by atoms with Gasteiger partial charge in [-0.25, -0.2) is 0 Å². The van der Waals surface area contributed by atoms with E-state index in [4.69, 9.17) is 4.74 Å². The van der Waals surface area contributed by atoms with E-state index in [0.29, 0.717) is 0 Å². The lowest BCUT2D eigenvalue weighted by Crippen LogP contribution is -2.34. The third-order valence-corrected chi connectivity index (χ3v) is 3.66. The van der Waals surface area contributed by atoms with E-state index in [0.717, 1.165) is 16.8 Å². The average Bonchev–Trinajstić information content (AvgIpc) is 2.46. The van der Waals surface area contributed by atoms with Crippen molar-refractivity contribution in [3.63, 3.8) is 0 Å². The fourth-order valence-corrected chi connectivity index (χ4v) is 2.62. The Morgan fingerprint density at radius 1 is 1.19 bits per heavy atom. The number of hydrogen-bond donors (Lipinski definition) is 1. The SMILES string of the molecule is CC1(C)O[C@H](c2cccc([N+](=O)[O-])c2)Nc2ccccc21. The van der Waals surface area contributed by atoms with Crippen LogP contribution in [0.2, 0.25) is 0 Å². The first kappa shape index (κ1) is 13.6. The Labute approximate surface area is 122 Å². The van der Waals surface area contributed by atoms with Crippen LogP contribution >= 0.6 is 0 Å². The smallest absolute Gasteiger partial charge is 0.269 e. The number of non-ortho nitro benzene ring substituents is 1. The van der Waals surface area contributed by atoms with Crippen LogP contribution in [0.4, 0.5) is 11.4 Å². The van der Waals surface area contributed by atoms with Crippen molar-refractivity contribution in [3.05, 3.63) is 69.8 Å². The van der Waals surface area contributed by atoms with Crippen LogP contribution in [0.3, 0.4) is 0 Å². The largest absolute Gasteiger partial charge is 0.356 e. The van der Waals surface area contributed by atoms with Gasteiger partial charge in [-0.05, 0) is 19.9 Å². The first-order valence-corrected chi connectivity index (χ1v) is 6.75. The zero-order chi connectivity index (χ0) is 15.0. The van der Waals surface area contributed by atoms with Crippen LogP contribution in [-0.2, 0) is 10.3 Å². The number of nitrogens with zero attached hydrogens (tertiary/aromatic N) is 1. The van der Waals surface area contributed by atoms with Gasteiger partial charge >= 0.3 is 0 Å². The summed E-state index contributed by atoms with van der Waals surface area (Å²) in [5, 5.41) is 14.2. The Kier molecular flexibility index (Phi) is 3.14. The second kappa shape index (κ2) is 4.86. The molecular formula is C16H16N2O3. The third-order valence-electron chi connectivity index (χ3n) is 3.66. The molecule has 2 aromatic rings. The molecule has 0 saturated carbocycles. The second-order valence-electron chi connectivity index (χ2n) is 5.55. The lowest BCUT2D eigenvalue weighted by Gasteiger charge is -2.39. The van der Waals surface area contributed by atoms with E-state index in [-0.39, 0.29) is 5.69 Å². The fraction of sp³-hybridized carbons (Fsp3) is 0.250. The van der Waals surface area contributed by atoms with Crippen LogP contribution in [-0.4, -0.2) is 4.92 Å². The molecule has 0 unspecified atom stereocenters. The molecule has 108 valence electrons. The first-order valence-electron chi connectivity index (χ1n) is 6.75. The van der Waals surface area contributed by atoms with Crippen LogP contribution in [0.25, 0.3) is 0 Å². The molecule has 0 spiro atoms. The van der Waals surface area contributed by atoms with E-state index in [1.54, 1.807) is 12.1 Å². The molecular weight excluding hydrogens is 268 g/mol. The molecule has 5 nitrogen and oxygen atoms in total. The summed E-state index contributed by atoms with van der Waals surface area (Å²) in [4.78, 5) is 10.5. The molecule has 0 aromatic heterocycles. The highest BCUT2D eigenvalue weighted by molar-refractivity contribution is 5.56. The minimum Gasteiger partial charge on any atom is -0.356 e. The summed E-state index contributed by atoms with van der Waals surface area (Å²) >= 11 is 0. The minimum absolute atomic E-state index is 0.0644. The average molecular weight is 284 g/mol. The monoisotopic (exact) mass is 284 g/mol. The maximum absolute atomic E-state index is 10.9. The van der Waals surface area contributed by atoms with Gasteiger partial charge in [-0.15, -0.1) is 0 Å². The van der Waals surface area contributed by atoms with Crippen molar-refractivity contribution < 1.29 is 9.66 Å². The summed E-state index contributed by atoms with van der Waals surface area (Å²) in [7, 11) is 0. The molecule has 2 aromatic carbocycles. The number of rotatable bonds is 2. The molecule has 0 fully saturated rings. The Morgan fingerprint density at radius 3 is 2.71 bits per heavy atom. The summed E-state index contributed by atoms with van der Waals surface area (Å²) in [6.45, 7) is 3.99. The number of nitro groups is 1. The number of nitrogens with one attached hydrogen (secondary N) is 1. The highest BCUT2D eigenvalue weighted by atomic mass is 16.6. The third kappa shape index (κ3) is 2.48. The maximum Gasteiger partial charge on any atom is 0.269 e. The van der Waals surface area contributed by atoms with Gasteiger partial charge in [-0.2, -0.15) is 0 Å². The quantitative estimate of drug-likeness (QED) is 0.669. The fourth-order valence-electron chi connectivity index (χ4n) is 2.62. The summed E-state index contributed by atoms with van der Waals surface area (Å²) < 4.78 is 6.09. The summed E-state index contributed by atoms with van der Waals surface area (Å²) in [5.74, 6) is 0. The van der Waals surface area contributed by atoms with Gasteiger partial charge in [-0.1, -0.05) is 30.3 Å². The Hall–Kier alpha value is -2.40. The summed E-state index contributed by atoms with van der Waals surface area (Å²) in [6, 6.07) is 14.5. The van der Waals surface area contributed by atoms with E-state index in [9.17, 15) is 10.1 Å². The Balaban J connectivity index is 1.99. The molecule has 0 radical (unpaired) electrons. The van der Waals surface area contributed by atoms with Gasteiger partial charge < -0.3 is 10.1 Å². The highest BCUT2D eigenvalue weighted by Crippen LogP contribution is 2.41. The van der Waals surface area contributed by atoms with Gasteiger partial charge in [0, 0.05) is 28.9 Å². The van der Waals surface area contributed by atoms with Crippen LogP contribution < -0.4 is 5.32 Å². The Bertz CT molecular complexity index is 697.